The highest BCUT2D eigenvalue weighted by molar-refractivity contribution is 5.84. The predicted octanol–water partition coefficient (Wildman–Crippen LogP) is -2.35. The van der Waals surface area contributed by atoms with Crippen molar-refractivity contribution in [3.63, 3.8) is 0 Å². The van der Waals surface area contributed by atoms with Crippen molar-refractivity contribution in [3.05, 3.63) is 0 Å². The average molecular weight is 259 g/mol. The van der Waals surface area contributed by atoms with Gasteiger partial charge in [0.05, 0.1) is 18.6 Å². The molecule has 0 aliphatic rings. The van der Waals surface area contributed by atoms with Crippen molar-refractivity contribution >= 4 is 24.4 Å². The van der Waals surface area contributed by atoms with Crippen LogP contribution in [0.3, 0.4) is 0 Å². The number of nitrogens with one attached hydrogen (secondary N) is 2. The molecule has 0 fully saturated rings. The van der Waals surface area contributed by atoms with Crippen LogP contribution >= 0.6 is 0 Å². The molecule has 102 valence electrons. The molecule has 0 radical (unpaired) electrons. The molecule has 5 N–H and O–H groups in total. The minimum Gasteiger partial charge on any atom is -0.481 e. The Morgan fingerprint density at radius 3 is 2.50 bits per heavy atom. The van der Waals surface area contributed by atoms with Crippen molar-refractivity contribution in [2.24, 2.45) is 5.73 Å². The van der Waals surface area contributed by atoms with Crippen LogP contribution in [0.4, 0.5) is 0 Å². The zero-order chi connectivity index (χ0) is 14.0. The first-order valence-corrected chi connectivity index (χ1v) is 5.38. The summed E-state index contributed by atoms with van der Waals surface area (Å²) < 4.78 is 0. The van der Waals surface area contributed by atoms with Crippen LogP contribution in [0.15, 0.2) is 0 Å². The Morgan fingerprint density at radius 2 is 2.00 bits per heavy atom. The highest BCUT2D eigenvalue weighted by atomic mass is 16.4. The first-order chi connectivity index (χ1) is 8.51. The molecule has 0 aromatic carbocycles. The van der Waals surface area contributed by atoms with E-state index in [4.69, 9.17) is 10.8 Å². The lowest BCUT2D eigenvalue weighted by atomic mass is 10.1. The number of hydrogen-bond acceptors (Lipinski definition) is 6. The molecule has 0 aromatic heterocycles. The summed E-state index contributed by atoms with van der Waals surface area (Å²) in [7, 11) is 0. The van der Waals surface area contributed by atoms with Crippen LogP contribution in [-0.2, 0) is 19.2 Å². The summed E-state index contributed by atoms with van der Waals surface area (Å²) >= 11 is 0. The lowest BCUT2D eigenvalue weighted by Crippen LogP contribution is -2.48. The summed E-state index contributed by atoms with van der Waals surface area (Å²) in [6, 6.07) is -1.57. The van der Waals surface area contributed by atoms with Gasteiger partial charge in [-0.15, -0.1) is 0 Å². The quantitative estimate of drug-likeness (QED) is 0.322. The largest absolute Gasteiger partial charge is 0.481 e. The van der Waals surface area contributed by atoms with E-state index in [2.05, 4.69) is 10.6 Å². The number of amides is 1. The predicted molar refractivity (Wildman–Crippen MR) is 61.8 cm³/mol. The van der Waals surface area contributed by atoms with Crippen LogP contribution in [0, 0.1) is 0 Å². The SMILES string of the molecule is NC(C=O)CN[C@@H](CCC(=O)O)C(=O)NCC=O. The third kappa shape index (κ3) is 7.47. The van der Waals surface area contributed by atoms with E-state index in [1.165, 1.54) is 0 Å². The number of carbonyl (C=O) groups excluding carboxylic acids is 3. The smallest absolute Gasteiger partial charge is 0.303 e. The summed E-state index contributed by atoms with van der Waals surface area (Å²) in [5.74, 6) is -1.54. The van der Waals surface area contributed by atoms with Crippen molar-refractivity contribution in [2.75, 3.05) is 13.1 Å². The fourth-order valence-corrected chi connectivity index (χ4v) is 1.19. The van der Waals surface area contributed by atoms with E-state index in [0.29, 0.717) is 12.6 Å². The molecule has 0 bridgehead atoms. The summed E-state index contributed by atoms with van der Waals surface area (Å²) in [4.78, 5) is 42.4. The van der Waals surface area contributed by atoms with Gasteiger partial charge in [-0.2, -0.15) is 0 Å². The molecule has 8 heteroatoms. The van der Waals surface area contributed by atoms with Crippen molar-refractivity contribution in [2.45, 2.75) is 24.9 Å². The fraction of sp³-hybridized carbons (Fsp3) is 0.600. The van der Waals surface area contributed by atoms with Crippen LogP contribution in [-0.4, -0.2) is 54.7 Å². The molecular weight excluding hydrogens is 242 g/mol. The molecule has 0 rings (SSSR count). The van der Waals surface area contributed by atoms with Crippen LogP contribution in [0.1, 0.15) is 12.8 Å². The second-order valence-corrected chi connectivity index (χ2v) is 3.61. The maximum atomic E-state index is 11.6. The Balaban J connectivity index is 4.30. The number of nitrogens with two attached hydrogens (primary N) is 1. The topological polar surface area (TPSA) is 139 Å². The Hall–Kier alpha value is -1.80. The highest BCUT2D eigenvalue weighted by Gasteiger charge is 2.19. The third-order valence-electron chi connectivity index (χ3n) is 2.10. The van der Waals surface area contributed by atoms with Crippen molar-refractivity contribution in [1.29, 1.82) is 0 Å². The standard InChI is InChI=1S/C10H17N3O5/c11-7(6-15)5-13-8(1-2-9(16)17)10(18)12-3-4-14/h4,6-8,13H,1-3,5,11H2,(H,12,18)(H,16,17)/t7?,8-/m0/s1. The molecule has 0 saturated carbocycles. The van der Waals surface area contributed by atoms with Crippen molar-refractivity contribution < 1.29 is 24.3 Å². The lowest BCUT2D eigenvalue weighted by molar-refractivity contribution is -0.137. The lowest BCUT2D eigenvalue weighted by Gasteiger charge is -2.17. The molecule has 18 heavy (non-hydrogen) atoms. The highest BCUT2D eigenvalue weighted by Crippen LogP contribution is 1.98. The molecular formula is C10H17N3O5. The van der Waals surface area contributed by atoms with E-state index in [0.717, 1.165) is 0 Å². The van der Waals surface area contributed by atoms with Gasteiger partial charge in [0.2, 0.25) is 5.91 Å². The van der Waals surface area contributed by atoms with Crippen LogP contribution in [0.5, 0.6) is 0 Å². The second-order valence-electron chi connectivity index (χ2n) is 3.61. The summed E-state index contributed by atoms with van der Waals surface area (Å²) in [5.41, 5.74) is 5.34. The molecule has 0 saturated heterocycles. The maximum Gasteiger partial charge on any atom is 0.303 e. The number of aldehydes is 2. The monoisotopic (exact) mass is 259 g/mol. The first-order valence-electron chi connectivity index (χ1n) is 5.38. The van der Waals surface area contributed by atoms with E-state index < -0.39 is 24.0 Å². The number of carboxylic acids is 1. The Labute approximate surface area is 104 Å². The Kier molecular flexibility index (Phi) is 8.33. The van der Waals surface area contributed by atoms with Crippen LogP contribution in [0.25, 0.3) is 0 Å². The number of hydrogen-bond donors (Lipinski definition) is 4. The molecule has 8 nitrogen and oxygen atoms in total. The van der Waals surface area contributed by atoms with Crippen LogP contribution in [0.2, 0.25) is 0 Å². The number of carboxylic acid groups (broad SMARTS) is 1. The number of rotatable bonds is 10. The van der Waals surface area contributed by atoms with Crippen molar-refractivity contribution in [1.82, 2.24) is 10.6 Å². The van der Waals surface area contributed by atoms with Gasteiger partial charge in [-0.3, -0.25) is 9.59 Å². The third-order valence-corrected chi connectivity index (χ3v) is 2.10. The zero-order valence-electron chi connectivity index (χ0n) is 9.80. The summed E-state index contributed by atoms with van der Waals surface area (Å²) in [6.45, 7) is -0.0912. The molecule has 0 heterocycles. The van der Waals surface area contributed by atoms with E-state index >= 15 is 0 Å². The molecule has 2 atom stereocenters. The van der Waals surface area contributed by atoms with Gasteiger partial charge in [0.25, 0.3) is 0 Å². The Morgan fingerprint density at radius 1 is 1.33 bits per heavy atom. The molecule has 0 aliphatic heterocycles. The molecule has 1 amide bonds. The first kappa shape index (κ1) is 16.2. The Bertz CT molecular complexity index is 308. The van der Waals surface area contributed by atoms with Gasteiger partial charge in [-0.1, -0.05) is 0 Å². The van der Waals surface area contributed by atoms with Gasteiger partial charge in [-0.05, 0) is 6.42 Å². The number of carbonyl (C=O) groups is 4. The van der Waals surface area contributed by atoms with E-state index in [1.54, 1.807) is 0 Å². The van der Waals surface area contributed by atoms with Gasteiger partial charge >= 0.3 is 5.97 Å². The number of aliphatic carboxylic acids is 1. The van der Waals surface area contributed by atoms with E-state index in [9.17, 15) is 19.2 Å². The minimum absolute atomic E-state index is 0.0472. The summed E-state index contributed by atoms with van der Waals surface area (Å²) in [5, 5.41) is 13.5. The molecule has 1 unspecified atom stereocenters. The summed E-state index contributed by atoms with van der Waals surface area (Å²) in [6.07, 6.45) is 0.877. The molecule has 0 spiro atoms. The second kappa shape index (κ2) is 9.25. The minimum atomic E-state index is -1.04. The van der Waals surface area contributed by atoms with Gasteiger partial charge in [-0.25, -0.2) is 0 Å². The van der Waals surface area contributed by atoms with Crippen molar-refractivity contribution in [3.8, 4) is 0 Å². The normalized spacial score (nSPS) is 13.4. The van der Waals surface area contributed by atoms with Crippen LogP contribution < -0.4 is 16.4 Å². The van der Waals surface area contributed by atoms with Gasteiger partial charge in [0.1, 0.15) is 12.6 Å². The molecule has 0 aliphatic carbocycles. The van der Waals surface area contributed by atoms with Gasteiger partial charge in [0.15, 0.2) is 0 Å². The maximum absolute atomic E-state index is 11.6. The average Bonchev–Trinajstić information content (AvgIpc) is 2.35. The van der Waals surface area contributed by atoms with Gasteiger partial charge < -0.3 is 31.1 Å². The molecule has 0 aromatic rings. The van der Waals surface area contributed by atoms with E-state index in [-0.39, 0.29) is 25.9 Å². The van der Waals surface area contributed by atoms with Gasteiger partial charge in [0, 0.05) is 13.0 Å². The van der Waals surface area contributed by atoms with E-state index in [1.807, 2.05) is 0 Å². The zero-order valence-corrected chi connectivity index (χ0v) is 9.80. The fourth-order valence-electron chi connectivity index (χ4n) is 1.19.